The summed E-state index contributed by atoms with van der Waals surface area (Å²) in [4.78, 5) is 25.7. The van der Waals surface area contributed by atoms with Gasteiger partial charge in [-0.3, -0.25) is 4.79 Å². The van der Waals surface area contributed by atoms with Gasteiger partial charge in [0.05, 0.1) is 0 Å². The smallest absolute Gasteiger partial charge is 0.326 e. The number of para-hydroxylation sites is 1. The van der Waals surface area contributed by atoms with Crippen molar-refractivity contribution in [3.05, 3.63) is 36.0 Å². The molecule has 6 heteroatoms. The fraction of sp³-hybridized carbons (Fsp3) is 0.231. The van der Waals surface area contributed by atoms with Crippen LogP contribution in [0.15, 0.2) is 30.3 Å². The van der Waals surface area contributed by atoms with Gasteiger partial charge in [-0.25, -0.2) is 4.79 Å². The topological polar surface area (TPSA) is 102 Å². The standard InChI is InChI=1S/C13H14N2O4/c16-6-5-10(13(18)19)15-12(17)11-7-8-3-1-2-4-9(8)14-11/h1-4,7,10,14,16H,5-6H2,(H,15,17)(H,18,19)/t10-/m1/s1. The molecule has 2 rings (SSSR count). The molecule has 0 aliphatic heterocycles. The molecule has 0 aliphatic carbocycles. The van der Waals surface area contributed by atoms with Crippen LogP contribution in [0.25, 0.3) is 10.9 Å². The lowest BCUT2D eigenvalue weighted by Crippen LogP contribution is -2.41. The van der Waals surface area contributed by atoms with E-state index in [4.69, 9.17) is 10.2 Å². The molecule has 1 aromatic carbocycles. The van der Waals surface area contributed by atoms with Crippen LogP contribution in [0.5, 0.6) is 0 Å². The quantitative estimate of drug-likeness (QED) is 0.638. The van der Waals surface area contributed by atoms with Gasteiger partial charge in [0, 0.05) is 23.9 Å². The number of aliphatic hydroxyl groups excluding tert-OH is 1. The van der Waals surface area contributed by atoms with Gasteiger partial charge in [-0.05, 0) is 12.1 Å². The van der Waals surface area contributed by atoms with Crippen molar-refractivity contribution in [1.29, 1.82) is 0 Å². The van der Waals surface area contributed by atoms with Crippen LogP contribution in [-0.4, -0.2) is 39.7 Å². The molecule has 0 saturated carbocycles. The Bertz CT molecular complexity index is 572. The van der Waals surface area contributed by atoms with E-state index in [-0.39, 0.29) is 13.0 Å². The number of amides is 1. The third kappa shape index (κ3) is 2.92. The van der Waals surface area contributed by atoms with Gasteiger partial charge >= 0.3 is 5.97 Å². The van der Waals surface area contributed by atoms with Crippen molar-refractivity contribution in [3.63, 3.8) is 0 Å². The number of carbonyl (C=O) groups is 2. The SMILES string of the molecule is O=C(N[C@H](CCO)C(=O)O)c1cc2ccccc2[nH]1. The molecule has 1 heterocycles. The molecule has 1 amide bonds. The number of H-pyrrole nitrogens is 1. The van der Waals surface area contributed by atoms with Crippen molar-refractivity contribution in [2.75, 3.05) is 6.61 Å². The van der Waals surface area contributed by atoms with Gasteiger partial charge in [-0.15, -0.1) is 0 Å². The lowest BCUT2D eigenvalue weighted by Gasteiger charge is -2.12. The first-order valence-corrected chi connectivity index (χ1v) is 5.84. The zero-order valence-electron chi connectivity index (χ0n) is 10.1. The van der Waals surface area contributed by atoms with Crippen LogP contribution in [0.3, 0.4) is 0 Å². The summed E-state index contributed by atoms with van der Waals surface area (Å²) in [5.74, 6) is -1.67. The van der Waals surface area contributed by atoms with Crippen LogP contribution >= 0.6 is 0 Å². The highest BCUT2D eigenvalue weighted by Gasteiger charge is 2.20. The van der Waals surface area contributed by atoms with Gasteiger partial charge in [-0.2, -0.15) is 0 Å². The van der Waals surface area contributed by atoms with Gasteiger partial charge in [-0.1, -0.05) is 18.2 Å². The maximum Gasteiger partial charge on any atom is 0.326 e. The molecule has 4 N–H and O–H groups in total. The minimum absolute atomic E-state index is 0.0265. The number of fused-ring (bicyclic) bond motifs is 1. The normalized spacial score (nSPS) is 12.3. The zero-order chi connectivity index (χ0) is 13.8. The Morgan fingerprint density at radius 3 is 2.68 bits per heavy atom. The Labute approximate surface area is 109 Å². The van der Waals surface area contributed by atoms with Crippen LogP contribution in [0.4, 0.5) is 0 Å². The number of carbonyl (C=O) groups excluding carboxylic acids is 1. The van der Waals surface area contributed by atoms with Gasteiger partial charge in [0.2, 0.25) is 0 Å². The van der Waals surface area contributed by atoms with E-state index in [9.17, 15) is 9.59 Å². The number of rotatable bonds is 5. The van der Waals surface area contributed by atoms with E-state index in [0.717, 1.165) is 10.9 Å². The second-order valence-corrected chi connectivity index (χ2v) is 4.15. The summed E-state index contributed by atoms with van der Waals surface area (Å²) in [6.45, 7) is -0.302. The summed E-state index contributed by atoms with van der Waals surface area (Å²) in [6, 6.07) is 7.93. The highest BCUT2D eigenvalue weighted by atomic mass is 16.4. The second-order valence-electron chi connectivity index (χ2n) is 4.15. The maximum atomic E-state index is 11.9. The summed E-state index contributed by atoms with van der Waals surface area (Å²) in [5, 5.41) is 20.9. The van der Waals surface area contributed by atoms with Crippen LogP contribution in [-0.2, 0) is 4.79 Å². The molecule has 0 fully saturated rings. The van der Waals surface area contributed by atoms with E-state index in [2.05, 4.69) is 10.3 Å². The average molecular weight is 262 g/mol. The van der Waals surface area contributed by atoms with E-state index in [1.807, 2.05) is 24.3 Å². The number of aliphatic carboxylic acids is 1. The first-order valence-electron chi connectivity index (χ1n) is 5.84. The molecule has 0 aliphatic rings. The number of carboxylic acids is 1. The zero-order valence-corrected chi connectivity index (χ0v) is 10.1. The number of carboxylic acid groups (broad SMARTS) is 1. The van der Waals surface area contributed by atoms with Gasteiger partial charge in [0.25, 0.3) is 5.91 Å². The lowest BCUT2D eigenvalue weighted by atomic mass is 10.2. The van der Waals surface area contributed by atoms with Crippen LogP contribution < -0.4 is 5.32 Å². The lowest BCUT2D eigenvalue weighted by molar-refractivity contribution is -0.139. The number of nitrogens with one attached hydrogen (secondary N) is 2. The minimum atomic E-state index is -1.17. The molecule has 19 heavy (non-hydrogen) atoms. The summed E-state index contributed by atoms with van der Waals surface area (Å²) >= 11 is 0. The highest BCUT2D eigenvalue weighted by molar-refractivity contribution is 5.99. The molecular weight excluding hydrogens is 248 g/mol. The Hall–Kier alpha value is -2.34. The molecule has 1 aromatic heterocycles. The molecule has 1 atom stereocenters. The summed E-state index contributed by atoms with van der Waals surface area (Å²) < 4.78 is 0. The van der Waals surface area contributed by atoms with E-state index in [1.54, 1.807) is 6.07 Å². The van der Waals surface area contributed by atoms with Crippen molar-refractivity contribution < 1.29 is 19.8 Å². The third-order valence-corrected chi connectivity index (χ3v) is 2.80. The molecule has 0 bridgehead atoms. The van der Waals surface area contributed by atoms with Crippen LogP contribution in [0.1, 0.15) is 16.9 Å². The van der Waals surface area contributed by atoms with Crippen molar-refractivity contribution >= 4 is 22.8 Å². The minimum Gasteiger partial charge on any atom is -0.480 e. The van der Waals surface area contributed by atoms with Crippen LogP contribution in [0, 0.1) is 0 Å². The summed E-state index contributed by atoms with van der Waals surface area (Å²) in [7, 11) is 0. The van der Waals surface area contributed by atoms with Gasteiger partial charge in [0.15, 0.2) is 0 Å². The average Bonchev–Trinajstić information content (AvgIpc) is 2.81. The summed E-state index contributed by atoms with van der Waals surface area (Å²) in [5.41, 5.74) is 1.10. The van der Waals surface area contributed by atoms with Crippen molar-refractivity contribution in [2.45, 2.75) is 12.5 Å². The monoisotopic (exact) mass is 262 g/mol. The molecular formula is C13H14N2O4. The first kappa shape index (κ1) is 13.1. The number of aromatic nitrogens is 1. The van der Waals surface area contributed by atoms with Crippen LogP contribution in [0.2, 0.25) is 0 Å². The number of hydrogen-bond donors (Lipinski definition) is 4. The fourth-order valence-corrected chi connectivity index (χ4v) is 1.82. The molecule has 0 spiro atoms. The predicted octanol–water partition coefficient (Wildman–Crippen LogP) is 0.733. The molecule has 0 saturated heterocycles. The van der Waals surface area contributed by atoms with E-state index in [0.29, 0.717) is 5.69 Å². The van der Waals surface area contributed by atoms with Gasteiger partial charge in [0.1, 0.15) is 11.7 Å². The Kier molecular flexibility index (Phi) is 3.82. The maximum absolute atomic E-state index is 11.9. The molecule has 0 unspecified atom stereocenters. The number of aromatic amines is 1. The van der Waals surface area contributed by atoms with E-state index in [1.165, 1.54) is 0 Å². The fourth-order valence-electron chi connectivity index (χ4n) is 1.82. The number of benzene rings is 1. The highest BCUT2D eigenvalue weighted by Crippen LogP contribution is 2.14. The second kappa shape index (κ2) is 5.53. The van der Waals surface area contributed by atoms with E-state index >= 15 is 0 Å². The molecule has 100 valence electrons. The number of aliphatic hydroxyl groups is 1. The van der Waals surface area contributed by atoms with Crippen molar-refractivity contribution in [2.24, 2.45) is 0 Å². The molecule has 6 nitrogen and oxygen atoms in total. The molecule has 0 radical (unpaired) electrons. The third-order valence-electron chi connectivity index (χ3n) is 2.80. The largest absolute Gasteiger partial charge is 0.480 e. The Balaban J connectivity index is 2.16. The summed E-state index contributed by atoms with van der Waals surface area (Å²) in [6.07, 6.45) is -0.0265. The Morgan fingerprint density at radius 2 is 2.05 bits per heavy atom. The van der Waals surface area contributed by atoms with E-state index < -0.39 is 17.9 Å². The van der Waals surface area contributed by atoms with Crippen molar-refractivity contribution in [1.82, 2.24) is 10.3 Å². The van der Waals surface area contributed by atoms with Crippen molar-refractivity contribution in [3.8, 4) is 0 Å². The predicted molar refractivity (Wildman–Crippen MR) is 68.9 cm³/mol. The van der Waals surface area contributed by atoms with Gasteiger partial charge < -0.3 is 20.5 Å². The molecule has 2 aromatic rings. The Morgan fingerprint density at radius 1 is 1.32 bits per heavy atom. The first-order chi connectivity index (χ1) is 9.11. The number of hydrogen-bond acceptors (Lipinski definition) is 3.